The molecule has 1 fully saturated rings. The van der Waals surface area contributed by atoms with Crippen LogP contribution in [-0.4, -0.2) is 43.8 Å². The van der Waals surface area contributed by atoms with E-state index in [4.69, 9.17) is 4.74 Å². The number of para-hydroxylation sites is 1. The minimum Gasteiger partial charge on any atom is -0.383 e. The van der Waals surface area contributed by atoms with E-state index in [9.17, 15) is 0 Å². The van der Waals surface area contributed by atoms with Gasteiger partial charge in [-0.15, -0.1) is 0 Å². The molecule has 1 aromatic rings. The Balaban J connectivity index is 1.59. The van der Waals surface area contributed by atoms with Gasteiger partial charge in [0, 0.05) is 38.0 Å². The number of benzene rings is 1. The highest BCUT2D eigenvalue weighted by molar-refractivity contribution is 5.56. The first kappa shape index (κ1) is 13.9. The van der Waals surface area contributed by atoms with E-state index < -0.39 is 0 Å². The summed E-state index contributed by atoms with van der Waals surface area (Å²) in [6.07, 6.45) is 3.96. The lowest BCUT2D eigenvalue weighted by Crippen LogP contribution is -2.43. The van der Waals surface area contributed by atoms with E-state index in [0.717, 1.165) is 32.0 Å². The quantitative estimate of drug-likeness (QED) is 0.827. The lowest BCUT2D eigenvalue weighted by atomic mass is 10.1. The average Bonchev–Trinajstić information content (AvgIpc) is 3.22. The monoisotopic (exact) mass is 274 g/mol. The molecule has 1 saturated carbocycles. The Morgan fingerprint density at radius 3 is 2.85 bits per heavy atom. The zero-order valence-corrected chi connectivity index (χ0v) is 12.6. The number of hydrogen-bond acceptors (Lipinski definition) is 3. The van der Waals surface area contributed by atoms with Crippen molar-refractivity contribution in [3.8, 4) is 0 Å². The van der Waals surface area contributed by atoms with Crippen molar-refractivity contribution in [2.45, 2.75) is 38.3 Å². The number of fused-ring (bicyclic) bond motifs is 1. The second kappa shape index (κ2) is 6.15. The van der Waals surface area contributed by atoms with Gasteiger partial charge in [-0.3, -0.25) is 4.90 Å². The summed E-state index contributed by atoms with van der Waals surface area (Å²) in [6.45, 7) is 5.38. The fraction of sp³-hybridized carbons (Fsp3) is 0.647. The Morgan fingerprint density at radius 1 is 1.35 bits per heavy atom. The van der Waals surface area contributed by atoms with Crippen molar-refractivity contribution in [3.63, 3.8) is 0 Å². The van der Waals surface area contributed by atoms with Gasteiger partial charge in [0.05, 0.1) is 6.61 Å². The highest BCUT2D eigenvalue weighted by Gasteiger charge is 2.33. The number of hydrogen-bond donors (Lipinski definition) is 1. The van der Waals surface area contributed by atoms with Crippen molar-refractivity contribution in [1.29, 1.82) is 0 Å². The van der Waals surface area contributed by atoms with Crippen molar-refractivity contribution in [1.82, 2.24) is 4.90 Å². The summed E-state index contributed by atoms with van der Waals surface area (Å²) in [5, 5.41) is 3.67. The normalized spacial score (nSPS) is 22.6. The van der Waals surface area contributed by atoms with Gasteiger partial charge in [0.15, 0.2) is 0 Å². The average molecular weight is 274 g/mol. The highest BCUT2D eigenvalue weighted by Crippen LogP contribution is 2.35. The third-order valence-corrected chi connectivity index (χ3v) is 4.76. The summed E-state index contributed by atoms with van der Waals surface area (Å²) in [5.41, 5.74) is 2.78. The molecule has 1 aliphatic heterocycles. The molecule has 0 aromatic heterocycles. The Labute approximate surface area is 122 Å². The largest absolute Gasteiger partial charge is 0.383 e. The van der Waals surface area contributed by atoms with Gasteiger partial charge in [0.25, 0.3) is 0 Å². The molecular formula is C17H26N2O. The maximum Gasteiger partial charge on any atom is 0.0589 e. The molecule has 1 aromatic carbocycles. The number of ether oxygens (including phenoxy) is 1. The van der Waals surface area contributed by atoms with Crippen LogP contribution in [0.5, 0.6) is 0 Å². The molecule has 2 atom stereocenters. The standard InChI is InChI=1S/C17H26N2O/c1-13(14-7-8-14)19(9-10-20-2)12-16-11-15-5-3-4-6-17(15)18-16/h3-6,13-14,16,18H,7-12H2,1-2H3. The molecular weight excluding hydrogens is 248 g/mol. The number of nitrogens with zero attached hydrogens (tertiary/aromatic N) is 1. The fourth-order valence-electron chi connectivity index (χ4n) is 3.32. The number of anilines is 1. The van der Waals surface area contributed by atoms with Crippen LogP contribution in [0.2, 0.25) is 0 Å². The molecule has 0 spiro atoms. The van der Waals surface area contributed by atoms with Gasteiger partial charge < -0.3 is 10.1 Å². The van der Waals surface area contributed by atoms with E-state index in [-0.39, 0.29) is 0 Å². The SMILES string of the molecule is COCCN(CC1Cc2ccccc2N1)C(C)C1CC1. The van der Waals surface area contributed by atoms with Crippen molar-refractivity contribution in [3.05, 3.63) is 29.8 Å². The van der Waals surface area contributed by atoms with E-state index in [1.54, 1.807) is 7.11 Å². The summed E-state index contributed by atoms with van der Waals surface area (Å²) >= 11 is 0. The molecule has 1 N–H and O–H groups in total. The maximum atomic E-state index is 5.29. The van der Waals surface area contributed by atoms with Crippen LogP contribution in [0.1, 0.15) is 25.3 Å². The molecule has 0 bridgehead atoms. The smallest absolute Gasteiger partial charge is 0.0589 e. The van der Waals surface area contributed by atoms with Crippen molar-refractivity contribution >= 4 is 5.69 Å². The van der Waals surface area contributed by atoms with E-state index >= 15 is 0 Å². The summed E-state index contributed by atoms with van der Waals surface area (Å²) in [7, 11) is 1.80. The number of rotatable bonds is 7. The topological polar surface area (TPSA) is 24.5 Å². The summed E-state index contributed by atoms with van der Waals surface area (Å²) in [5.74, 6) is 0.913. The van der Waals surface area contributed by atoms with Crippen LogP contribution >= 0.6 is 0 Å². The molecule has 20 heavy (non-hydrogen) atoms. The second-order valence-electron chi connectivity index (χ2n) is 6.27. The van der Waals surface area contributed by atoms with E-state index in [1.165, 1.54) is 24.1 Å². The first-order chi connectivity index (χ1) is 9.78. The van der Waals surface area contributed by atoms with Crippen LogP contribution in [0.4, 0.5) is 5.69 Å². The van der Waals surface area contributed by atoms with Crippen LogP contribution in [0, 0.1) is 5.92 Å². The summed E-state index contributed by atoms with van der Waals surface area (Å²) < 4.78 is 5.29. The van der Waals surface area contributed by atoms with Gasteiger partial charge in [-0.05, 0) is 43.7 Å². The lowest BCUT2D eigenvalue weighted by Gasteiger charge is -2.31. The van der Waals surface area contributed by atoms with Gasteiger partial charge in [0.2, 0.25) is 0 Å². The van der Waals surface area contributed by atoms with E-state index in [1.807, 2.05) is 0 Å². The Morgan fingerprint density at radius 2 is 2.15 bits per heavy atom. The predicted molar refractivity (Wildman–Crippen MR) is 83.2 cm³/mol. The first-order valence-electron chi connectivity index (χ1n) is 7.85. The molecule has 3 heteroatoms. The van der Waals surface area contributed by atoms with Crippen LogP contribution in [0.15, 0.2) is 24.3 Å². The summed E-state index contributed by atoms with van der Waals surface area (Å²) in [4.78, 5) is 2.62. The minimum atomic E-state index is 0.547. The van der Waals surface area contributed by atoms with Gasteiger partial charge in [-0.1, -0.05) is 18.2 Å². The third-order valence-electron chi connectivity index (χ3n) is 4.76. The zero-order valence-electron chi connectivity index (χ0n) is 12.6. The molecule has 2 unspecified atom stereocenters. The number of methoxy groups -OCH3 is 1. The van der Waals surface area contributed by atoms with Crippen LogP contribution in [0.25, 0.3) is 0 Å². The lowest BCUT2D eigenvalue weighted by molar-refractivity contribution is 0.114. The first-order valence-corrected chi connectivity index (χ1v) is 7.85. The van der Waals surface area contributed by atoms with Gasteiger partial charge in [-0.2, -0.15) is 0 Å². The van der Waals surface area contributed by atoms with Gasteiger partial charge >= 0.3 is 0 Å². The molecule has 0 saturated heterocycles. The Kier molecular flexibility index (Phi) is 4.27. The second-order valence-corrected chi connectivity index (χ2v) is 6.27. The van der Waals surface area contributed by atoms with Crippen molar-refractivity contribution in [2.75, 3.05) is 32.1 Å². The van der Waals surface area contributed by atoms with Crippen LogP contribution in [0.3, 0.4) is 0 Å². The van der Waals surface area contributed by atoms with Crippen LogP contribution in [-0.2, 0) is 11.2 Å². The molecule has 110 valence electrons. The van der Waals surface area contributed by atoms with Gasteiger partial charge in [-0.25, -0.2) is 0 Å². The maximum absolute atomic E-state index is 5.29. The van der Waals surface area contributed by atoms with Crippen molar-refractivity contribution in [2.24, 2.45) is 5.92 Å². The molecule has 1 aliphatic carbocycles. The highest BCUT2D eigenvalue weighted by atomic mass is 16.5. The number of nitrogens with one attached hydrogen (secondary N) is 1. The summed E-state index contributed by atoms with van der Waals surface area (Å²) in [6, 6.07) is 9.93. The van der Waals surface area contributed by atoms with Crippen molar-refractivity contribution < 1.29 is 4.74 Å². The fourth-order valence-corrected chi connectivity index (χ4v) is 3.32. The zero-order chi connectivity index (χ0) is 13.9. The Hall–Kier alpha value is -1.06. The molecule has 0 radical (unpaired) electrons. The van der Waals surface area contributed by atoms with Crippen LogP contribution < -0.4 is 5.32 Å². The molecule has 2 aliphatic rings. The predicted octanol–water partition coefficient (Wildman–Crippen LogP) is 2.77. The third kappa shape index (κ3) is 3.15. The molecule has 1 heterocycles. The molecule has 3 rings (SSSR count). The Bertz CT molecular complexity index is 419. The van der Waals surface area contributed by atoms with E-state index in [2.05, 4.69) is 41.4 Å². The molecule has 0 amide bonds. The molecule has 3 nitrogen and oxygen atoms in total. The minimum absolute atomic E-state index is 0.547. The van der Waals surface area contributed by atoms with E-state index in [0.29, 0.717) is 12.1 Å². The van der Waals surface area contributed by atoms with Gasteiger partial charge in [0.1, 0.15) is 0 Å².